The van der Waals surface area contributed by atoms with Gasteiger partial charge in [0, 0.05) is 12.1 Å². The lowest BCUT2D eigenvalue weighted by Gasteiger charge is -2.36. The molecule has 18 heavy (non-hydrogen) atoms. The summed E-state index contributed by atoms with van der Waals surface area (Å²) in [6.07, 6.45) is 2.30. The van der Waals surface area contributed by atoms with Crippen LogP contribution in [0, 0.1) is 0 Å². The highest BCUT2D eigenvalue weighted by Crippen LogP contribution is 2.36. The van der Waals surface area contributed by atoms with Gasteiger partial charge in [-0.2, -0.15) is 0 Å². The Morgan fingerprint density at radius 3 is 2.39 bits per heavy atom. The van der Waals surface area contributed by atoms with Crippen LogP contribution in [0.4, 0.5) is 4.79 Å². The van der Waals surface area contributed by atoms with Crippen molar-refractivity contribution in [3.63, 3.8) is 0 Å². The maximum absolute atomic E-state index is 11.2. The van der Waals surface area contributed by atoms with Gasteiger partial charge in [0.25, 0.3) is 0 Å². The summed E-state index contributed by atoms with van der Waals surface area (Å²) in [6.45, 7) is 2.07. The lowest BCUT2D eigenvalue weighted by Crippen LogP contribution is -2.48. The summed E-state index contributed by atoms with van der Waals surface area (Å²) in [6, 6.07) is 0.0990. The number of nitrogens with zero attached hydrogens (tertiary/aromatic N) is 1. The van der Waals surface area contributed by atoms with Crippen LogP contribution in [0.25, 0.3) is 0 Å². The first-order valence-corrected chi connectivity index (χ1v) is 6.40. The van der Waals surface area contributed by atoms with Crippen LogP contribution in [0.2, 0.25) is 0 Å². The van der Waals surface area contributed by atoms with Gasteiger partial charge in [0.05, 0.1) is 12.7 Å². The van der Waals surface area contributed by atoms with Crippen molar-refractivity contribution < 1.29 is 24.2 Å². The minimum absolute atomic E-state index is 0.0255. The van der Waals surface area contributed by atoms with Gasteiger partial charge in [-0.1, -0.05) is 0 Å². The van der Waals surface area contributed by atoms with Gasteiger partial charge in [-0.25, -0.2) is 9.59 Å². The monoisotopic (exact) mass is 257 g/mol. The fourth-order valence-corrected chi connectivity index (χ4v) is 2.96. The minimum atomic E-state index is -0.841. The SMILES string of the molecule is CCOC(=O)CO[C@@H]1C[C@H]2CC[C@@H](C1)N2C(=O)O. The third kappa shape index (κ3) is 2.75. The fourth-order valence-electron chi connectivity index (χ4n) is 2.96. The summed E-state index contributed by atoms with van der Waals surface area (Å²) in [5.74, 6) is -0.356. The van der Waals surface area contributed by atoms with Crippen molar-refractivity contribution in [2.24, 2.45) is 0 Å². The molecular weight excluding hydrogens is 238 g/mol. The van der Waals surface area contributed by atoms with Crippen molar-refractivity contribution in [1.29, 1.82) is 0 Å². The van der Waals surface area contributed by atoms with Crippen LogP contribution in [0.1, 0.15) is 32.6 Å². The Labute approximate surface area is 106 Å². The number of ether oxygens (including phenoxy) is 2. The molecule has 0 radical (unpaired) electrons. The molecule has 2 aliphatic rings. The van der Waals surface area contributed by atoms with Gasteiger partial charge in [0.15, 0.2) is 0 Å². The number of carbonyl (C=O) groups is 2. The Balaban J connectivity index is 1.82. The van der Waals surface area contributed by atoms with E-state index in [0.29, 0.717) is 19.4 Å². The highest BCUT2D eigenvalue weighted by atomic mass is 16.6. The number of hydrogen-bond acceptors (Lipinski definition) is 4. The number of fused-ring (bicyclic) bond motifs is 2. The molecule has 2 heterocycles. The van der Waals surface area contributed by atoms with Gasteiger partial charge in [-0.15, -0.1) is 0 Å². The smallest absolute Gasteiger partial charge is 0.407 e. The molecule has 2 saturated heterocycles. The predicted octanol–water partition coefficient (Wildman–Crippen LogP) is 1.24. The molecule has 0 saturated carbocycles. The van der Waals surface area contributed by atoms with Gasteiger partial charge in [0.2, 0.25) is 0 Å². The van der Waals surface area contributed by atoms with E-state index >= 15 is 0 Å². The average Bonchev–Trinajstić information content (AvgIpc) is 2.59. The fraction of sp³-hybridized carbons (Fsp3) is 0.833. The Kier molecular flexibility index (Phi) is 4.06. The summed E-state index contributed by atoms with van der Waals surface area (Å²) >= 11 is 0. The molecule has 0 aliphatic carbocycles. The van der Waals surface area contributed by atoms with Gasteiger partial charge in [-0.3, -0.25) is 0 Å². The zero-order valence-corrected chi connectivity index (χ0v) is 10.5. The Hall–Kier alpha value is -1.30. The second-order valence-electron chi connectivity index (χ2n) is 4.78. The Morgan fingerprint density at radius 1 is 1.28 bits per heavy atom. The molecular formula is C12H19NO5. The number of amides is 1. The predicted molar refractivity (Wildman–Crippen MR) is 62.3 cm³/mol. The standard InChI is InChI=1S/C12H19NO5/c1-2-17-11(14)7-18-10-5-8-3-4-9(6-10)13(8)12(15)16/h8-10H,2-7H2,1H3,(H,15,16)/t8-,9+,10-. The van der Waals surface area contributed by atoms with E-state index in [1.54, 1.807) is 11.8 Å². The van der Waals surface area contributed by atoms with Crippen LogP contribution in [-0.2, 0) is 14.3 Å². The molecule has 2 rings (SSSR count). The summed E-state index contributed by atoms with van der Waals surface area (Å²) < 4.78 is 10.3. The average molecular weight is 257 g/mol. The molecule has 1 N–H and O–H groups in total. The molecule has 0 aromatic rings. The molecule has 2 aliphatic heterocycles. The van der Waals surface area contributed by atoms with Crippen molar-refractivity contribution in [1.82, 2.24) is 4.90 Å². The highest BCUT2D eigenvalue weighted by molar-refractivity contribution is 5.70. The molecule has 3 atom stereocenters. The van der Waals surface area contributed by atoms with Crippen LogP contribution < -0.4 is 0 Å². The zero-order chi connectivity index (χ0) is 13.1. The highest BCUT2D eigenvalue weighted by Gasteiger charge is 2.43. The van der Waals surface area contributed by atoms with E-state index in [1.807, 2.05) is 0 Å². The zero-order valence-electron chi connectivity index (χ0n) is 10.5. The largest absolute Gasteiger partial charge is 0.465 e. The van der Waals surface area contributed by atoms with E-state index in [9.17, 15) is 9.59 Å². The topological polar surface area (TPSA) is 76.1 Å². The third-order valence-electron chi connectivity index (χ3n) is 3.65. The van der Waals surface area contributed by atoms with Gasteiger partial charge in [0.1, 0.15) is 6.61 Å². The molecule has 1 amide bonds. The van der Waals surface area contributed by atoms with E-state index in [0.717, 1.165) is 12.8 Å². The lowest BCUT2D eigenvalue weighted by molar-refractivity contribution is -0.152. The van der Waals surface area contributed by atoms with E-state index < -0.39 is 6.09 Å². The quantitative estimate of drug-likeness (QED) is 0.767. The first kappa shape index (κ1) is 13.1. The molecule has 6 heteroatoms. The molecule has 0 spiro atoms. The maximum Gasteiger partial charge on any atom is 0.407 e. The van der Waals surface area contributed by atoms with Crippen molar-refractivity contribution in [3.05, 3.63) is 0 Å². The normalized spacial score (nSPS) is 30.3. The molecule has 0 aromatic carbocycles. The number of rotatable bonds is 4. The summed E-state index contributed by atoms with van der Waals surface area (Å²) in [7, 11) is 0. The molecule has 102 valence electrons. The summed E-state index contributed by atoms with van der Waals surface area (Å²) in [5, 5.41) is 9.10. The van der Waals surface area contributed by atoms with E-state index in [1.165, 1.54) is 0 Å². The second-order valence-corrected chi connectivity index (χ2v) is 4.78. The first-order valence-electron chi connectivity index (χ1n) is 6.40. The number of hydrogen-bond donors (Lipinski definition) is 1. The molecule has 6 nitrogen and oxygen atoms in total. The van der Waals surface area contributed by atoms with Crippen molar-refractivity contribution >= 4 is 12.1 Å². The molecule has 2 fully saturated rings. The number of piperidine rings is 1. The number of esters is 1. The number of carboxylic acid groups (broad SMARTS) is 1. The van der Waals surface area contributed by atoms with Crippen molar-refractivity contribution in [2.75, 3.05) is 13.2 Å². The van der Waals surface area contributed by atoms with Crippen LogP contribution in [0.3, 0.4) is 0 Å². The molecule has 0 aromatic heterocycles. The van der Waals surface area contributed by atoms with E-state index in [4.69, 9.17) is 14.6 Å². The van der Waals surface area contributed by atoms with Gasteiger partial charge >= 0.3 is 12.1 Å². The summed E-state index contributed by atoms with van der Waals surface area (Å²) in [5.41, 5.74) is 0. The lowest BCUT2D eigenvalue weighted by atomic mass is 10.0. The van der Waals surface area contributed by atoms with Gasteiger partial charge < -0.3 is 19.5 Å². The second kappa shape index (κ2) is 5.56. The first-order chi connectivity index (χ1) is 8.61. The van der Waals surface area contributed by atoms with E-state index in [2.05, 4.69) is 0 Å². The van der Waals surface area contributed by atoms with E-state index in [-0.39, 0.29) is 30.8 Å². The maximum atomic E-state index is 11.2. The number of carbonyl (C=O) groups excluding carboxylic acids is 1. The van der Waals surface area contributed by atoms with Crippen molar-refractivity contribution in [3.8, 4) is 0 Å². The minimum Gasteiger partial charge on any atom is -0.465 e. The Bertz CT molecular complexity index is 318. The van der Waals surface area contributed by atoms with Crippen LogP contribution in [0.15, 0.2) is 0 Å². The van der Waals surface area contributed by atoms with Crippen molar-refractivity contribution in [2.45, 2.75) is 50.8 Å². The van der Waals surface area contributed by atoms with Crippen LogP contribution >= 0.6 is 0 Å². The summed E-state index contributed by atoms with van der Waals surface area (Å²) in [4.78, 5) is 23.8. The Morgan fingerprint density at radius 2 is 1.89 bits per heavy atom. The molecule has 2 bridgehead atoms. The van der Waals surface area contributed by atoms with Gasteiger partial charge in [-0.05, 0) is 32.6 Å². The third-order valence-corrected chi connectivity index (χ3v) is 3.65. The van der Waals surface area contributed by atoms with Crippen LogP contribution in [-0.4, -0.2) is 53.5 Å². The molecule has 0 unspecified atom stereocenters. The van der Waals surface area contributed by atoms with Crippen LogP contribution in [0.5, 0.6) is 0 Å².